The SMILES string of the molecule is O.O=CCOc1ccccc1. The number of para-hydroxylation sites is 1. The maximum Gasteiger partial charge on any atom is 0.157 e. The lowest BCUT2D eigenvalue weighted by Gasteiger charge is -1.98. The first kappa shape index (κ1) is 9.65. The van der Waals surface area contributed by atoms with Gasteiger partial charge in [-0.15, -0.1) is 0 Å². The molecule has 0 aromatic heterocycles. The topological polar surface area (TPSA) is 57.8 Å². The van der Waals surface area contributed by atoms with Gasteiger partial charge in [-0.05, 0) is 12.1 Å². The van der Waals surface area contributed by atoms with Crippen LogP contribution in [0.5, 0.6) is 5.75 Å². The van der Waals surface area contributed by atoms with Gasteiger partial charge < -0.3 is 10.2 Å². The number of hydrogen-bond acceptors (Lipinski definition) is 2. The van der Waals surface area contributed by atoms with Gasteiger partial charge in [0.05, 0.1) is 0 Å². The van der Waals surface area contributed by atoms with Crippen LogP contribution < -0.4 is 4.74 Å². The van der Waals surface area contributed by atoms with Crippen molar-refractivity contribution in [1.82, 2.24) is 0 Å². The van der Waals surface area contributed by atoms with E-state index in [9.17, 15) is 4.79 Å². The van der Waals surface area contributed by atoms with Gasteiger partial charge >= 0.3 is 0 Å². The highest BCUT2D eigenvalue weighted by atomic mass is 16.5. The molecule has 0 aliphatic rings. The summed E-state index contributed by atoms with van der Waals surface area (Å²) < 4.78 is 4.99. The Labute approximate surface area is 64.9 Å². The second-order valence-corrected chi connectivity index (χ2v) is 1.79. The molecule has 1 aromatic carbocycles. The first-order valence-electron chi connectivity index (χ1n) is 3.05. The highest BCUT2D eigenvalue weighted by molar-refractivity contribution is 5.51. The van der Waals surface area contributed by atoms with Gasteiger partial charge in [0.1, 0.15) is 12.4 Å². The fourth-order valence-electron chi connectivity index (χ4n) is 0.647. The van der Waals surface area contributed by atoms with Crippen LogP contribution in [-0.4, -0.2) is 18.4 Å². The Morgan fingerprint density at radius 2 is 1.91 bits per heavy atom. The van der Waals surface area contributed by atoms with E-state index in [1.54, 1.807) is 0 Å². The predicted octanol–water partition coefficient (Wildman–Crippen LogP) is 0.440. The van der Waals surface area contributed by atoms with Gasteiger partial charge in [0, 0.05) is 0 Å². The van der Waals surface area contributed by atoms with E-state index in [0.717, 1.165) is 12.0 Å². The standard InChI is InChI=1S/C8H8O2.H2O/c9-6-7-10-8-4-2-1-3-5-8;/h1-6H,7H2;1H2. The van der Waals surface area contributed by atoms with E-state index in [-0.39, 0.29) is 12.1 Å². The van der Waals surface area contributed by atoms with Crippen LogP contribution in [0.2, 0.25) is 0 Å². The molecule has 0 atom stereocenters. The number of aldehydes is 1. The van der Waals surface area contributed by atoms with Crippen LogP contribution in [0.3, 0.4) is 0 Å². The highest BCUT2D eigenvalue weighted by Gasteiger charge is 1.86. The maximum atomic E-state index is 9.85. The average molecular weight is 154 g/mol. The van der Waals surface area contributed by atoms with Gasteiger partial charge in [-0.3, -0.25) is 4.79 Å². The molecule has 0 heterocycles. The van der Waals surface area contributed by atoms with Gasteiger partial charge in [0.15, 0.2) is 6.29 Å². The number of ether oxygens (including phenoxy) is 1. The van der Waals surface area contributed by atoms with Gasteiger partial charge in [-0.2, -0.15) is 0 Å². The van der Waals surface area contributed by atoms with E-state index in [4.69, 9.17) is 4.74 Å². The van der Waals surface area contributed by atoms with Crippen LogP contribution in [0.25, 0.3) is 0 Å². The normalized spacial score (nSPS) is 8.00. The van der Waals surface area contributed by atoms with Gasteiger partial charge in [0.25, 0.3) is 0 Å². The molecule has 0 saturated carbocycles. The van der Waals surface area contributed by atoms with Crippen LogP contribution >= 0.6 is 0 Å². The number of benzene rings is 1. The van der Waals surface area contributed by atoms with Crippen molar-refractivity contribution in [3.05, 3.63) is 30.3 Å². The molecule has 3 heteroatoms. The molecule has 1 rings (SSSR count). The Kier molecular flexibility index (Phi) is 4.77. The van der Waals surface area contributed by atoms with Crippen LogP contribution in [0.15, 0.2) is 30.3 Å². The third-order valence-corrected chi connectivity index (χ3v) is 1.06. The summed E-state index contributed by atoms with van der Waals surface area (Å²) >= 11 is 0. The van der Waals surface area contributed by atoms with Crippen LogP contribution in [0.4, 0.5) is 0 Å². The van der Waals surface area contributed by atoms with E-state index >= 15 is 0 Å². The molecule has 11 heavy (non-hydrogen) atoms. The molecule has 1 aromatic rings. The highest BCUT2D eigenvalue weighted by Crippen LogP contribution is 2.06. The van der Waals surface area contributed by atoms with E-state index in [0.29, 0.717) is 0 Å². The van der Waals surface area contributed by atoms with Crippen LogP contribution in [0, 0.1) is 0 Å². The molecular formula is C8H10O3. The fraction of sp³-hybridized carbons (Fsp3) is 0.125. The molecule has 60 valence electrons. The Bertz CT molecular complexity index is 196. The van der Waals surface area contributed by atoms with Crippen LogP contribution in [-0.2, 0) is 4.79 Å². The Balaban J connectivity index is 0.000001000. The maximum absolute atomic E-state index is 9.85. The summed E-state index contributed by atoms with van der Waals surface area (Å²) in [6.07, 6.45) is 0.729. The van der Waals surface area contributed by atoms with Crippen molar-refractivity contribution >= 4 is 6.29 Å². The molecule has 0 aliphatic heterocycles. The molecule has 0 radical (unpaired) electrons. The zero-order valence-corrected chi connectivity index (χ0v) is 5.99. The minimum absolute atomic E-state index is 0. The van der Waals surface area contributed by atoms with Crippen molar-refractivity contribution in [2.45, 2.75) is 0 Å². The minimum atomic E-state index is 0. The summed E-state index contributed by atoms with van der Waals surface area (Å²) in [5.74, 6) is 0.731. The number of hydrogen-bond donors (Lipinski definition) is 0. The monoisotopic (exact) mass is 154 g/mol. The number of carbonyl (C=O) groups excluding carboxylic acids is 1. The second-order valence-electron chi connectivity index (χ2n) is 1.79. The van der Waals surface area contributed by atoms with E-state index < -0.39 is 0 Å². The van der Waals surface area contributed by atoms with Gasteiger partial charge in [0.2, 0.25) is 0 Å². The molecule has 0 bridgehead atoms. The average Bonchev–Trinajstić information content (AvgIpc) is 2.03. The lowest BCUT2D eigenvalue weighted by atomic mass is 10.3. The third kappa shape index (κ3) is 3.37. The minimum Gasteiger partial charge on any atom is -0.486 e. The molecule has 2 N–H and O–H groups in total. The molecule has 0 amide bonds. The summed E-state index contributed by atoms with van der Waals surface area (Å²) in [5.41, 5.74) is 0. The molecule has 3 nitrogen and oxygen atoms in total. The van der Waals surface area contributed by atoms with Crippen molar-refractivity contribution in [3.8, 4) is 5.75 Å². The number of carbonyl (C=O) groups is 1. The molecule has 0 spiro atoms. The lowest BCUT2D eigenvalue weighted by Crippen LogP contribution is -1.96. The summed E-state index contributed by atoms with van der Waals surface area (Å²) in [7, 11) is 0. The lowest BCUT2D eigenvalue weighted by molar-refractivity contribution is -0.109. The van der Waals surface area contributed by atoms with Gasteiger partial charge in [-0.25, -0.2) is 0 Å². The zero-order valence-electron chi connectivity index (χ0n) is 5.99. The first-order valence-corrected chi connectivity index (χ1v) is 3.05. The summed E-state index contributed by atoms with van der Waals surface area (Å²) in [6.45, 7) is 0.129. The Morgan fingerprint density at radius 3 is 2.45 bits per heavy atom. The van der Waals surface area contributed by atoms with E-state index in [1.165, 1.54) is 0 Å². The Hall–Kier alpha value is -1.35. The van der Waals surface area contributed by atoms with Crippen molar-refractivity contribution in [2.24, 2.45) is 0 Å². The van der Waals surface area contributed by atoms with Crippen molar-refractivity contribution in [2.75, 3.05) is 6.61 Å². The van der Waals surface area contributed by atoms with E-state index in [2.05, 4.69) is 0 Å². The number of rotatable bonds is 3. The quantitative estimate of drug-likeness (QED) is 0.593. The van der Waals surface area contributed by atoms with Crippen LogP contribution in [0.1, 0.15) is 0 Å². The van der Waals surface area contributed by atoms with Gasteiger partial charge in [-0.1, -0.05) is 18.2 Å². The Morgan fingerprint density at radius 1 is 1.27 bits per heavy atom. The van der Waals surface area contributed by atoms with Crippen molar-refractivity contribution in [1.29, 1.82) is 0 Å². The smallest absolute Gasteiger partial charge is 0.157 e. The predicted molar refractivity (Wildman–Crippen MR) is 41.6 cm³/mol. The summed E-state index contributed by atoms with van der Waals surface area (Å²) in [4.78, 5) is 9.85. The molecule has 0 fully saturated rings. The molecule has 0 unspecified atom stereocenters. The van der Waals surface area contributed by atoms with Crippen molar-refractivity contribution in [3.63, 3.8) is 0 Å². The summed E-state index contributed by atoms with van der Waals surface area (Å²) in [5, 5.41) is 0. The zero-order chi connectivity index (χ0) is 7.23. The fourth-order valence-corrected chi connectivity index (χ4v) is 0.647. The molecule has 0 saturated heterocycles. The first-order chi connectivity index (χ1) is 4.93. The largest absolute Gasteiger partial charge is 0.486 e. The second kappa shape index (κ2) is 5.44. The summed E-state index contributed by atoms with van der Waals surface area (Å²) in [6, 6.07) is 9.24. The van der Waals surface area contributed by atoms with Crippen molar-refractivity contribution < 1.29 is 15.0 Å². The molecule has 0 aliphatic carbocycles. The molecular weight excluding hydrogens is 144 g/mol. The third-order valence-electron chi connectivity index (χ3n) is 1.06. The van der Waals surface area contributed by atoms with E-state index in [1.807, 2.05) is 30.3 Å².